The number of hydrogen-bond acceptors (Lipinski definition) is 4. The number of nitrogens with zero attached hydrogens (tertiary/aromatic N) is 1. The molecule has 2 aliphatic rings. The summed E-state index contributed by atoms with van der Waals surface area (Å²) in [6.07, 6.45) is 3.19. The summed E-state index contributed by atoms with van der Waals surface area (Å²) < 4.78 is 5.92. The summed E-state index contributed by atoms with van der Waals surface area (Å²) in [6, 6.07) is 18.7. The molecule has 0 radical (unpaired) electrons. The van der Waals surface area contributed by atoms with Gasteiger partial charge in [0.15, 0.2) is 5.78 Å². The van der Waals surface area contributed by atoms with Crippen molar-refractivity contribution in [2.45, 2.75) is 69.9 Å². The van der Waals surface area contributed by atoms with Gasteiger partial charge in [0.1, 0.15) is 0 Å². The lowest BCUT2D eigenvalue weighted by Gasteiger charge is -2.41. The molecule has 2 aromatic carbocycles. The van der Waals surface area contributed by atoms with Gasteiger partial charge in [0.25, 0.3) is 0 Å². The Morgan fingerprint density at radius 1 is 1.09 bits per heavy atom. The Hall–Kier alpha value is -2.50. The van der Waals surface area contributed by atoms with Crippen LogP contribution in [0.5, 0.6) is 0 Å². The van der Waals surface area contributed by atoms with Crippen molar-refractivity contribution >= 4 is 11.7 Å². The maximum atomic E-state index is 13.6. The Morgan fingerprint density at radius 2 is 1.74 bits per heavy atom. The first kappa shape index (κ1) is 24.6. The zero-order valence-corrected chi connectivity index (χ0v) is 20.8. The zero-order chi connectivity index (χ0) is 24.3. The SMILES string of the molecule is CC1CC2(CCN(C(=O)[C@@H](COCc3ccccc3)CC(=O)C(C)(C)N)CC2)c2ccccc21. The lowest BCUT2D eigenvalue weighted by Crippen LogP contribution is -2.49. The quantitative estimate of drug-likeness (QED) is 0.623. The highest BCUT2D eigenvalue weighted by atomic mass is 16.5. The van der Waals surface area contributed by atoms with E-state index < -0.39 is 11.5 Å². The van der Waals surface area contributed by atoms with Gasteiger partial charge in [-0.25, -0.2) is 0 Å². The molecular formula is C29H38N2O3. The van der Waals surface area contributed by atoms with Crippen LogP contribution in [-0.4, -0.2) is 41.8 Å². The highest BCUT2D eigenvalue weighted by molar-refractivity contribution is 5.92. The Balaban J connectivity index is 1.42. The molecular weight excluding hydrogens is 424 g/mol. The van der Waals surface area contributed by atoms with Crippen molar-refractivity contribution in [1.82, 2.24) is 4.90 Å². The van der Waals surface area contributed by atoms with E-state index in [9.17, 15) is 9.59 Å². The number of Topliss-reactive ketones (excluding diaryl/α,β-unsaturated/α-hetero) is 1. The van der Waals surface area contributed by atoms with Crippen molar-refractivity contribution in [2.24, 2.45) is 11.7 Å². The monoisotopic (exact) mass is 462 g/mol. The number of carbonyl (C=O) groups excluding carboxylic acids is 2. The molecule has 1 aliphatic carbocycles. The second kappa shape index (κ2) is 10.0. The smallest absolute Gasteiger partial charge is 0.228 e. The minimum absolute atomic E-state index is 0.0137. The molecule has 1 heterocycles. The van der Waals surface area contributed by atoms with Gasteiger partial charge in [-0.05, 0) is 61.1 Å². The largest absolute Gasteiger partial charge is 0.376 e. The van der Waals surface area contributed by atoms with Crippen LogP contribution in [0.15, 0.2) is 54.6 Å². The zero-order valence-electron chi connectivity index (χ0n) is 20.8. The molecule has 5 heteroatoms. The Bertz CT molecular complexity index is 1000. The molecule has 34 heavy (non-hydrogen) atoms. The molecule has 0 bridgehead atoms. The van der Waals surface area contributed by atoms with Crippen LogP contribution in [0.2, 0.25) is 0 Å². The fourth-order valence-electron chi connectivity index (χ4n) is 5.70. The van der Waals surface area contributed by atoms with Gasteiger partial charge in [0.05, 0.1) is 24.7 Å². The maximum Gasteiger partial charge on any atom is 0.228 e. The highest BCUT2D eigenvalue weighted by Crippen LogP contribution is 2.51. The number of rotatable bonds is 8. The third-order valence-electron chi connectivity index (χ3n) is 7.72. The second-order valence-electron chi connectivity index (χ2n) is 10.8. The van der Waals surface area contributed by atoms with Crippen LogP contribution in [0.3, 0.4) is 0 Å². The van der Waals surface area contributed by atoms with Gasteiger partial charge < -0.3 is 15.4 Å². The van der Waals surface area contributed by atoms with Gasteiger partial charge in [-0.3, -0.25) is 9.59 Å². The Labute approximate surface area is 203 Å². The van der Waals surface area contributed by atoms with Crippen LogP contribution >= 0.6 is 0 Å². The number of likely N-dealkylation sites (tertiary alicyclic amines) is 1. The summed E-state index contributed by atoms with van der Waals surface area (Å²) in [4.78, 5) is 28.2. The van der Waals surface area contributed by atoms with Crippen LogP contribution in [0.4, 0.5) is 0 Å². The fourth-order valence-corrected chi connectivity index (χ4v) is 5.70. The number of amides is 1. The first-order chi connectivity index (χ1) is 16.2. The molecule has 0 aromatic heterocycles. The lowest BCUT2D eigenvalue weighted by atomic mass is 9.73. The lowest BCUT2D eigenvalue weighted by molar-refractivity contribution is -0.142. The number of fused-ring (bicyclic) bond motifs is 2. The van der Waals surface area contributed by atoms with Crippen LogP contribution in [0, 0.1) is 5.92 Å². The number of ketones is 1. The van der Waals surface area contributed by atoms with E-state index in [4.69, 9.17) is 10.5 Å². The van der Waals surface area contributed by atoms with Crippen molar-refractivity contribution in [3.05, 3.63) is 71.3 Å². The van der Waals surface area contributed by atoms with Crippen LogP contribution in [0.25, 0.3) is 0 Å². The van der Waals surface area contributed by atoms with Gasteiger partial charge in [-0.15, -0.1) is 0 Å². The number of ether oxygens (including phenoxy) is 1. The van der Waals surface area contributed by atoms with Crippen molar-refractivity contribution < 1.29 is 14.3 Å². The molecule has 5 nitrogen and oxygen atoms in total. The van der Waals surface area contributed by atoms with Crippen molar-refractivity contribution in [3.8, 4) is 0 Å². The summed E-state index contributed by atoms with van der Waals surface area (Å²) in [5, 5.41) is 0. The van der Waals surface area contributed by atoms with Gasteiger partial charge in [0, 0.05) is 19.5 Å². The Morgan fingerprint density at radius 3 is 2.41 bits per heavy atom. The number of nitrogens with two attached hydrogens (primary N) is 1. The molecule has 1 amide bonds. The van der Waals surface area contributed by atoms with E-state index in [1.54, 1.807) is 13.8 Å². The van der Waals surface area contributed by atoms with Gasteiger partial charge >= 0.3 is 0 Å². The predicted molar refractivity (Wildman–Crippen MR) is 134 cm³/mol. The normalized spacial score (nSPS) is 20.2. The van der Waals surface area contributed by atoms with Gasteiger partial charge in [-0.2, -0.15) is 0 Å². The molecule has 1 aliphatic heterocycles. The molecule has 1 spiro atoms. The van der Waals surface area contributed by atoms with E-state index in [0.29, 0.717) is 12.5 Å². The van der Waals surface area contributed by atoms with Gasteiger partial charge in [0.2, 0.25) is 5.91 Å². The average molecular weight is 463 g/mol. The summed E-state index contributed by atoms with van der Waals surface area (Å²) in [5.41, 5.74) is 9.23. The van der Waals surface area contributed by atoms with E-state index in [1.165, 1.54) is 11.1 Å². The van der Waals surface area contributed by atoms with E-state index >= 15 is 0 Å². The van der Waals surface area contributed by atoms with Crippen molar-refractivity contribution in [1.29, 1.82) is 0 Å². The van der Waals surface area contributed by atoms with Crippen LogP contribution in [0.1, 0.15) is 69.1 Å². The first-order valence-corrected chi connectivity index (χ1v) is 12.5. The topological polar surface area (TPSA) is 72.6 Å². The molecule has 4 rings (SSSR count). The van der Waals surface area contributed by atoms with Crippen LogP contribution < -0.4 is 5.73 Å². The third-order valence-corrected chi connectivity index (χ3v) is 7.72. The minimum Gasteiger partial charge on any atom is -0.376 e. The molecule has 0 saturated carbocycles. The molecule has 1 unspecified atom stereocenters. The Kier molecular flexibility index (Phi) is 7.25. The summed E-state index contributed by atoms with van der Waals surface area (Å²) in [5.74, 6) is -0.0501. The van der Waals surface area contributed by atoms with E-state index in [2.05, 4.69) is 31.2 Å². The van der Waals surface area contributed by atoms with Crippen molar-refractivity contribution in [3.63, 3.8) is 0 Å². The second-order valence-corrected chi connectivity index (χ2v) is 10.8. The predicted octanol–water partition coefficient (Wildman–Crippen LogP) is 4.58. The summed E-state index contributed by atoms with van der Waals surface area (Å²) >= 11 is 0. The van der Waals surface area contributed by atoms with E-state index in [1.807, 2.05) is 35.2 Å². The molecule has 2 N–H and O–H groups in total. The molecule has 2 atom stereocenters. The molecule has 182 valence electrons. The van der Waals surface area contributed by atoms with Gasteiger partial charge in [-0.1, -0.05) is 61.5 Å². The average Bonchev–Trinajstić information content (AvgIpc) is 3.10. The molecule has 1 saturated heterocycles. The number of benzene rings is 2. The minimum atomic E-state index is -0.965. The first-order valence-electron chi connectivity index (χ1n) is 12.5. The summed E-state index contributed by atoms with van der Waals surface area (Å²) in [7, 11) is 0. The number of piperidine rings is 1. The molecule has 1 fully saturated rings. The standard InChI is InChI=1S/C29H38N2O3/c1-21-18-29(25-12-8-7-11-24(21)25)13-15-31(16-14-29)27(33)23(17-26(32)28(2,3)30)20-34-19-22-9-5-4-6-10-22/h4-12,21,23H,13-20,30H2,1-3H3/t21?,23-/m1/s1. The maximum absolute atomic E-state index is 13.6. The molecule has 2 aromatic rings. The third kappa shape index (κ3) is 5.26. The van der Waals surface area contributed by atoms with Crippen LogP contribution in [-0.2, 0) is 26.3 Å². The fraction of sp³-hybridized carbons (Fsp3) is 0.517. The van der Waals surface area contributed by atoms with E-state index in [0.717, 1.165) is 37.9 Å². The number of hydrogen-bond donors (Lipinski definition) is 1. The number of carbonyl (C=O) groups is 2. The van der Waals surface area contributed by atoms with Crippen molar-refractivity contribution in [2.75, 3.05) is 19.7 Å². The van der Waals surface area contributed by atoms with E-state index in [-0.39, 0.29) is 30.1 Å². The highest BCUT2D eigenvalue weighted by Gasteiger charge is 2.45. The summed E-state index contributed by atoms with van der Waals surface area (Å²) in [6.45, 7) is 7.78.